The maximum absolute atomic E-state index is 6.16. The Hall–Kier alpha value is -0.383. The monoisotopic (exact) mass is 368 g/mol. The van der Waals surface area contributed by atoms with Gasteiger partial charge < -0.3 is 4.43 Å². The van der Waals surface area contributed by atoms with Gasteiger partial charge in [0.2, 0.25) is 0 Å². The lowest BCUT2D eigenvalue weighted by molar-refractivity contribution is 0.294. The molecule has 0 amide bonds. The quantitative estimate of drug-likeness (QED) is 0.309. The zero-order valence-electron chi connectivity index (χ0n) is 14.1. The lowest BCUT2D eigenvalue weighted by Crippen LogP contribution is -2.40. The van der Waals surface area contributed by atoms with Gasteiger partial charge in [0, 0.05) is 11.1 Å². The van der Waals surface area contributed by atoms with Gasteiger partial charge in [0.05, 0.1) is 0 Å². The summed E-state index contributed by atoms with van der Waals surface area (Å²) in [4.78, 5) is 0. The maximum atomic E-state index is 6.16. The van der Waals surface area contributed by atoms with Crippen LogP contribution >= 0.6 is 15.9 Å². The molecule has 0 heterocycles. The molecule has 0 atom stereocenters. The number of aryl methyl sites for hydroxylation is 1. The van der Waals surface area contributed by atoms with E-state index in [9.17, 15) is 0 Å². The molecule has 0 aliphatic rings. The largest absolute Gasteiger partial charge is 0.417 e. The highest BCUT2D eigenvalue weighted by Gasteiger charge is 2.36. The Morgan fingerprint density at radius 1 is 1.10 bits per heavy atom. The van der Waals surface area contributed by atoms with Crippen LogP contribution in [0.2, 0.25) is 18.1 Å². The van der Waals surface area contributed by atoms with Gasteiger partial charge in [-0.2, -0.15) is 0 Å². The fourth-order valence-corrected chi connectivity index (χ4v) is 3.32. The van der Waals surface area contributed by atoms with Crippen LogP contribution in [0.15, 0.2) is 40.9 Å². The Balaban J connectivity index is 2.23. The van der Waals surface area contributed by atoms with Crippen molar-refractivity contribution in [2.45, 2.75) is 58.2 Å². The first-order chi connectivity index (χ1) is 9.74. The first-order valence-electron chi connectivity index (χ1n) is 7.76. The topological polar surface area (TPSA) is 9.23 Å². The van der Waals surface area contributed by atoms with Gasteiger partial charge in [0.25, 0.3) is 0 Å². The molecule has 0 aliphatic carbocycles. The van der Waals surface area contributed by atoms with Gasteiger partial charge in [-0.1, -0.05) is 67.1 Å². The lowest BCUT2D eigenvalue weighted by Gasteiger charge is -2.36. The van der Waals surface area contributed by atoms with Crippen molar-refractivity contribution in [2.75, 3.05) is 6.61 Å². The average Bonchev–Trinajstić information content (AvgIpc) is 2.38. The molecule has 21 heavy (non-hydrogen) atoms. The first-order valence-corrected chi connectivity index (χ1v) is 11.5. The molecule has 0 bridgehead atoms. The predicted octanol–water partition coefficient (Wildman–Crippen LogP) is 6.35. The van der Waals surface area contributed by atoms with E-state index in [1.165, 1.54) is 10.0 Å². The molecule has 0 aromatic heterocycles. The summed E-state index contributed by atoms with van der Waals surface area (Å²) in [6, 6.07) is 8.43. The molecule has 0 radical (unpaired) electrons. The Morgan fingerprint density at radius 3 is 2.33 bits per heavy atom. The van der Waals surface area contributed by atoms with Crippen LogP contribution in [0.1, 0.15) is 39.2 Å². The van der Waals surface area contributed by atoms with Gasteiger partial charge in [0.1, 0.15) is 0 Å². The summed E-state index contributed by atoms with van der Waals surface area (Å²) in [6.45, 7) is 12.3. The molecule has 1 aromatic carbocycles. The van der Waals surface area contributed by atoms with E-state index in [1.807, 2.05) is 0 Å². The van der Waals surface area contributed by atoms with Crippen LogP contribution in [-0.4, -0.2) is 14.9 Å². The smallest absolute Gasteiger partial charge is 0.191 e. The SMILES string of the molecule is CC(C)(C)[Si](C)(C)OCC/C=C/CCc1ccccc1Br. The molecule has 0 fully saturated rings. The molecule has 118 valence electrons. The summed E-state index contributed by atoms with van der Waals surface area (Å²) in [5, 5.41) is 0.302. The van der Waals surface area contributed by atoms with Crippen LogP contribution in [0.4, 0.5) is 0 Å². The van der Waals surface area contributed by atoms with Crippen LogP contribution in [0.5, 0.6) is 0 Å². The molecule has 0 saturated heterocycles. The number of hydrogen-bond acceptors (Lipinski definition) is 1. The van der Waals surface area contributed by atoms with Gasteiger partial charge >= 0.3 is 0 Å². The highest BCUT2D eigenvalue weighted by Crippen LogP contribution is 2.36. The van der Waals surface area contributed by atoms with Crippen molar-refractivity contribution in [2.24, 2.45) is 0 Å². The van der Waals surface area contributed by atoms with Crippen LogP contribution < -0.4 is 0 Å². The van der Waals surface area contributed by atoms with Gasteiger partial charge in [-0.3, -0.25) is 0 Å². The third-order valence-corrected chi connectivity index (χ3v) is 9.57. The van der Waals surface area contributed by atoms with Crippen molar-refractivity contribution in [3.8, 4) is 0 Å². The van der Waals surface area contributed by atoms with Gasteiger partial charge in [-0.25, -0.2) is 0 Å². The molecule has 0 saturated carbocycles. The van der Waals surface area contributed by atoms with Crippen molar-refractivity contribution >= 4 is 24.2 Å². The van der Waals surface area contributed by atoms with E-state index >= 15 is 0 Å². The van der Waals surface area contributed by atoms with Crippen molar-refractivity contribution in [3.63, 3.8) is 0 Å². The second-order valence-electron chi connectivity index (χ2n) is 7.00. The molecule has 0 spiro atoms. The first kappa shape index (κ1) is 18.7. The molecule has 0 aliphatic heterocycles. The Morgan fingerprint density at radius 2 is 1.71 bits per heavy atom. The van der Waals surface area contributed by atoms with E-state index in [4.69, 9.17) is 4.43 Å². The summed E-state index contributed by atoms with van der Waals surface area (Å²) in [6.07, 6.45) is 7.71. The summed E-state index contributed by atoms with van der Waals surface area (Å²) in [5.41, 5.74) is 1.37. The molecule has 1 nitrogen and oxygen atoms in total. The van der Waals surface area contributed by atoms with E-state index < -0.39 is 8.32 Å². The van der Waals surface area contributed by atoms with Crippen LogP contribution in [0.3, 0.4) is 0 Å². The number of rotatable bonds is 7. The van der Waals surface area contributed by atoms with E-state index in [0.29, 0.717) is 5.04 Å². The molecule has 3 heteroatoms. The van der Waals surface area contributed by atoms with Crippen molar-refractivity contribution < 1.29 is 4.43 Å². The number of halogens is 1. The fourth-order valence-electron chi connectivity index (χ4n) is 1.77. The number of allylic oxidation sites excluding steroid dienone is 1. The summed E-state index contributed by atoms with van der Waals surface area (Å²) in [5.74, 6) is 0. The lowest BCUT2D eigenvalue weighted by atomic mass is 10.1. The van der Waals surface area contributed by atoms with E-state index in [2.05, 4.69) is 86.2 Å². The highest BCUT2D eigenvalue weighted by atomic mass is 79.9. The van der Waals surface area contributed by atoms with Crippen LogP contribution in [0, 0.1) is 0 Å². The minimum Gasteiger partial charge on any atom is -0.417 e. The van der Waals surface area contributed by atoms with Gasteiger partial charge in [-0.05, 0) is 49.0 Å². The fraction of sp³-hybridized carbons (Fsp3) is 0.556. The van der Waals surface area contributed by atoms with Crippen molar-refractivity contribution in [1.82, 2.24) is 0 Å². The standard InChI is InChI=1S/C18H29BrOSi/c1-18(2,3)21(4,5)20-15-11-7-6-8-12-16-13-9-10-14-17(16)19/h6-7,9-10,13-14H,8,11-12,15H2,1-5H3/b7-6+. The third kappa shape index (κ3) is 6.49. The van der Waals surface area contributed by atoms with Crippen LogP contribution in [0.25, 0.3) is 0 Å². The second kappa shape index (κ2) is 8.30. The zero-order chi connectivity index (χ0) is 15.9. The van der Waals surface area contributed by atoms with Crippen molar-refractivity contribution in [1.29, 1.82) is 0 Å². The Bertz CT molecular complexity index is 461. The number of hydrogen-bond donors (Lipinski definition) is 0. The van der Waals surface area contributed by atoms with Gasteiger partial charge in [-0.15, -0.1) is 0 Å². The van der Waals surface area contributed by atoms with E-state index in [0.717, 1.165) is 25.9 Å². The van der Waals surface area contributed by atoms with E-state index in [-0.39, 0.29) is 0 Å². The average molecular weight is 369 g/mol. The molecule has 1 rings (SSSR count). The van der Waals surface area contributed by atoms with Gasteiger partial charge in [0.15, 0.2) is 8.32 Å². The van der Waals surface area contributed by atoms with E-state index in [1.54, 1.807) is 0 Å². The third-order valence-electron chi connectivity index (χ3n) is 4.26. The zero-order valence-corrected chi connectivity index (χ0v) is 16.7. The molecule has 0 unspecified atom stereocenters. The summed E-state index contributed by atoms with van der Waals surface area (Å²) >= 11 is 3.59. The van der Waals surface area contributed by atoms with Crippen LogP contribution in [-0.2, 0) is 10.8 Å². The summed E-state index contributed by atoms with van der Waals surface area (Å²) in [7, 11) is -1.57. The molecular formula is C18H29BrOSi. The Labute approximate surface area is 140 Å². The Kier molecular flexibility index (Phi) is 7.38. The maximum Gasteiger partial charge on any atom is 0.191 e. The predicted molar refractivity (Wildman–Crippen MR) is 99.4 cm³/mol. The van der Waals surface area contributed by atoms with Crippen molar-refractivity contribution in [3.05, 3.63) is 46.5 Å². The molecule has 1 aromatic rings. The minimum absolute atomic E-state index is 0.302. The number of benzene rings is 1. The summed E-state index contributed by atoms with van der Waals surface area (Å²) < 4.78 is 7.37. The normalized spacial score (nSPS) is 13.0. The second-order valence-corrected chi connectivity index (χ2v) is 12.7. The molecule has 0 N–H and O–H groups in total. The highest BCUT2D eigenvalue weighted by molar-refractivity contribution is 9.10. The minimum atomic E-state index is -1.57. The molecular weight excluding hydrogens is 340 g/mol.